The summed E-state index contributed by atoms with van der Waals surface area (Å²) in [4.78, 5) is 11.4. The van der Waals surface area contributed by atoms with Crippen LogP contribution in [0.25, 0.3) is 0 Å². The van der Waals surface area contributed by atoms with Gasteiger partial charge in [0.25, 0.3) is 0 Å². The van der Waals surface area contributed by atoms with E-state index in [0.717, 1.165) is 19.3 Å². The number of nitrogens with one attached hydrogen (secondary N) is 1. The Hall–Kier alpha value is -0.870. The first-order chi connectivity index (χ1) is 8.67. The normalized spacial score (nSPS) is 24.8. The summed E-state index contributed by atoms with van der Waals surface area (Å²) >= 11 is 0. The lowest BCUT2D eigenvalue weighted by Crippen LogP contribution is -2.46. The summed E-state index contributed by atoms with van der Waals surface area (Å²) in [7, 11) is 1.40. The van der Waals surface area contributed by atoms with Gasteiger partial charge in [-0.05, 0) is 19.3 Å². The molecule has 0 fully saturated rings. The van der Waals surface area contributed by atoms with Crippen molar-refractivity contribution in [2.75, 3.05) is 7.11 Å². The standard InChI is InChI=1S/C14H25NO3/c1-3-4-5-8-12(16)10-11-7-6-9-13(15-11)14(17)18-2/h6-7,11-13,15-16H,3-5,8-10H2,1-2H3. The molecule has 0 amide bonds. The fourth-order valence-corrected chi connectivity index (χ4v) is 2.25. The summed E-state index contributed by atoms with van der Waals surface area (Å²) in [6, 6.07) is -0.202. The second-order valence-electron chi connectivity index (χ2n) is 4.90. The zero-order valence-electron chi connectivity index (χ0n) is 11.4. The maximum Gasteiger partial charge on any atom is 0.323 e. The van der Waals surface area contributed by atoms with Crippen LogP contribution in [0.3, 0.4) is 0 Å². The predicted molar refractivity (Wildman–Crippen MR) is 71.3 cm³/mol. The predicted octanol–water partition coefficient (Wildman–Crippen LogP) is 1.78. The van der Waals surface area contributed by atoms with E-state index in [0.29, 0.717) is 12.8 Å². The number of unbranched alkanes of at least 4 members (excludes halogenated alkanes) is 2. The summed E-state index contributed by atoms with van der Waals surface area (Å²) in [6.07, 6.45) is 9.27. The Morgan fingerprint density at radius 1 is 1.56 bits per heavy atom. The number of ether oxygens (including phenoxy) is 1. The van der Waals surface area contributed by atoms with E-state index in [-0.39, 0.29) is 24.2 Å². The topological polar surface area (TPSA) is 58.6 Å². The SMILES string of the molecule is CCCCCC(O)CC1C=CCC(C(=O)OC)N1. The molecule has 3 atom stereocenters. The highest BCUT2D eigenvalue weighted by Crippen LogP contribution is 2.14. The molecule has 0 saturated heterocycles. The summed E-state index contributed by atoms with van der Waals surface area (Å²) in [5.41, 5.74) is 0. The second kappa shape index (κ2) is 8.27. The Kier molecular flexibility index (Phi) is 6.98. The van der Waals surface area contributed by atoms with Crippen molar-refractivity contribution in [2.24, 2.45) is 0 Å². The summed E-state index contributed by atoms with van der Waals surface area (Å²) in [5.74, 6) is -0.232. The molecular weight excluding hydrogens is 230 g/mol. The van der Waals surface area contributed by atoms with Crippen molar-refractivity contribution in [3.05, 3.63) is 12.2 Å². The van der Waals surface area contributed by atoms with Gasteiger partial charge in [-0.1, -0.05) is 38.3 Å². The van der Waals surface area contributed by atoms with Gasteiger partial charge in [0.1, 0.15) is 6.04 Å². The van der Waals surface area contributed by atoms with Crippen molar-refractivity contribution < 1.29 is 14.6 Å². The Balaban J connectivity index is 2.31. The molecule has 1 aliphatic heterocycles. The van der Waals surface area contributed by atoms with Crippen molar-refractivity contribution in [3.63, 3.8) is 0 Å². The number of aliphatic hydroxyl groups is 1. The van der Waals surface area contributed by atoms with E-state index < -0.39 is 0 Å². The Morgan fingerprint density at radius 2 is 2.33 bits per heavy atom. The van der Waals surface area contributed by atoms with E-state index in [9.17, 15) is 9.90 Å². The second-order valence-corrected chi connectivity index (χ2v) is 4.90. The first-order valence-electron chi connectivity index (χ1n) is 6.86. The number of hydrogen-bond donors (Lipinski definition) is 2. The number of hydrogen-bond acceptors (Lipinski definition) is 4. The molecule has 0 saturated carbocycles. The van der Waals surface area contributed by atoms with Crippen LogP contribution < -0.4 is 5.32 Å². The van der Waals surface area contributed by atoms with E-state index in [4.69, 9.17) is 4.74 Å². The summed E-state index contributed by atoms with van der Waals surface area (Å²) in [6.45, 7) is 2.15. The zero-order valence-corrected chi connectivity index (χ0v) is 11.4. The monoisotopic (exact) mass is 255 g/mol. The summed E-state index contributed by atoms with van der Waals surface area (Å²) in [5, 5.41) is 13.1. The van der Waals surface area contributed by atoms with Gasteiger partial charge in [0.15, 0.2) is 0 Å². The Morgan fingerprint density at radius 3 is 3.00 bits per heavy atom. The van der Waals surface area contributed by atoms with E-state index in [1.54, 1.807) is 0 Å². The molecular formula is C14H25NO3. The number of esters is 1. The number of aliphatic hydroxyl groups excluding tert-OH is 1. The molecule has 4 nitrogen and oxygen atoms in total. The number of carbonyl (C=O) groups is 1. The molecule has 0 bridgehead atoms. The van der Waals surface area contributed by atoms with Crippen LogP contribution in [0.4, 0.5) is 0 Å². The van der Waals surface area contributed by atoms with Crippen LogP contribution in [-0.2, 0) is 9.53 Å². The first-order valence-corrected chi connectivity index (χ1v) is 6.86. The van der Waals surface area contributed by atoms with E-state index >= 15 is 0 Å². The third-order valence-electron chi connectivity index (χ3n) is 3.31. The molecule has 3 unspecified atom stereocenters. The minimum atomic E-state index is -0.296. The van der Waals surface area contributed by atoms with Gasteiger partial charge in [-0.25, -0.2) is 0 Å². The quantitative estimate of drug-likeness (QED) is 0.413. The highest BCUT2D eigenvalue weighted by molar-refractivity contribution is 5.76. The van der Waals surface area contributed by atoms with Crippen LogP contribution in [0.2, 0.25) is 0 Å². The number of rotatable bonds is 7. The van der Waals surface area contributed by atoms with Crippen LogP contribution >= 0.6 is 0 Å². The highest BCUT2D eigenvalue weighted by Gasteiger charge is 2.24. The molecule has 2 N–H and O–H groups in total. The maximum atomic E-state index is 11.4. The fraction of sp³-hybridized carbons (Fsp3) is 0.786. The molecule has 1 aliphatic rings. The number of carbonyl (C=O) groups excluding carboxylic acids is 1. The van der Waals surface area contributed by atoms with E-state index in [2.05, 4.69) is 12.2 Å². The minimum Gasteiger partial charge on any atom is -0.468 e. The van der Waals surface area contributed by atoms with Crippen LogP contribution in [0.1, 0.15) is 45.4 Å². The largest absolute Gasteiger partial charge is 0.468 e. The molecule has 1 rings (SSSR count). The van der Waals surface area contributed by atoms with Crippen LogP contribution in [0.5, 0.6) is 0 Å². The number of methoxy groups -OCH3 is 1. The molecule has 0 aromatic rings. The molecule has 0 aromatic carbocycles. The van der Waals surface area contributed by atoms with Crippen LogP contribution in [0.15, 0.2) is 12.2 Å². The van der Waals surface area contributed by atoms with Crippen molar-refractivity contribution in [1.82, 2.24) is 5.32 Å². The molecule has 0 aliphatic carbocycles. The van der Waals surface area contributed by atoms with Gasteiger partial charge >= 0.3 is 5.97 Å². The molecule has 104 valence electrons. The van der Waals surface area contributed by atoms with Gasteiger partial charge in [0.05, 0.1) is 13.2 Å². The average molecular weight is 255 g/mol. The average Bonchev–Trinajstić information content (AvgIpc) is 2.38. The van der Waals surface area contributed by atoms with Crippen LogP contribution in [0, 0.1) is 0 Å². The van der Waals surface area contributed by atoms with Gasteiger partial charge in [-0.3, -0.25) is 10.1 Å². The molecule has 0 spiro atoms. The minimum absolute atomic E-state index is 0.0690. The third-order valence-corrected chi connectivity index (χ3v) is 3.31. The van der Waals surface area contributed by atoms with E-state index in [1.807, 2.05) is 12.2 Å². The van der Waals surface area contributed by atoms with Gasteiger partial charge in [0.2, 0.25) is 0 Å². The molecule has 0 aromatic heterocycles. The van der Waals surface area contributed by atoms with Gasteiger partial charge < -0.3 is 9.84 Å². The van der Waals surface area contributed by atoms with Crippen molar-refractivity contribution in [2.45, 2.75) is 63.6 Å². The van der Waals surface area contributed by atoms with Crippen molar-refractivity contribution in [3.8, 4) is 0 Å². The van der Waals surface area contributed by atoms with E-state index in [1.165, 1.54) is 13.5 Å². The lowest BCUT2D eigenvalue weighted by molar-refractivity contribution is -0.143. The molecule has 1 heterocycles. The highest BCUT2D eigenvalue weighted by atomic mass is 16.5. The third kappa shape index (κ3) is 5.19. The van der Waals surface area contributed by atoms with Gasteiger partial charge in [-0.15, -0.1) is 0 Å². The Bertz CT molecular complexity index is 278. The lowest BCUT2D eigenvalue weighted by Gasteiger charge is -2.26. The smallest absolute Gasteiger partial charge is 0.323 e. The summed E-state index contributed by atoms with van der Waals surface area (Å²) < 4.78 is 4.72. The zero-order chi connectivity index (χ0) is 13.4. The Labute approximate surface area is 109 Å². The maximum absolute atomic E-state index is 11.4. The van der Waals surface area contributed by atoms with Gasteiger partial charge in [-0.2, -0.15) is 0 Å². The molecule has 18 heavy (non-hydrogen) atoms. The first kappa shape index (κ1) is 15.2. The lowest BCUT2D eigenvalue weighted by atomic mass is 9.98. The fourth-order valence-electron chi connectivity index (χ4n) is 2.25. The van der Waals surface area contributed by atoms with Crippen LogP contribution in [-0.4, -0.2) is 36.4 Å². The molecule has 0 radical (unpaired) electrons. The van der Waals surface area contributed by atoms with Crippen molar-refractivity contribution in [1.29, 1.82) is 0 Å². The van der Waals surface area contributed by atoms with Gasteiger partial charge in [0, 0.05) is 6.04 Å². The molecule has 4 heteroatoms. The van der Waals surface area contributed by atoms with Crippen molar-refractivity contribution >= 4 is 5.97 Å².